The van der Waals surface area contributed by atoms with Crippen LogP contribution in [-0.2, 0) is 51.2 Å². The molecule has 26 heteroatoms. The summed E-state index contributed by atoms with van der Waals surface area (Å²) >= 11 is 0. The lowest BCUT2D eigenvalue weighted by Gasteiger charge is -2.30. The lowest BCUT2D eigenvalue weighted by Crippen LogP contribution is -2.61. The number of benzene rings is 2. The van der Waals surface area contributed by atoms with Gasteiger partial charge in [-0.2, -0.15) is 0 Å². The highest BCUT2D eigenvalue weighted by molar-refractivity contribution is 6.02. The van der Waals surface area contributed by atoms with Crippen LogP contribution in [0.15, 0.2) is 54.7 Å². The number of H-pyrrole nitrogens is 1. The molecule has 1 aliphatic rings. The SMILES string of the molecule is CCCCN1C(=O)N[C@H](Cc2ccc(F)cc2)C(=O)N[C@@H](CCCNC(=N)N)C(=O)N[C@@H](Cc2c[nH]c3ccccc23)C(=O)N[C@H](C(N)=O)CCCNC(=O)CC[C@H](NC(=O)[C@H](CCCNC(=N)N)NC(C)=O)C1=O. The molecule has 18 N–H and O–H groups in total. The van der Waals surface area contributed by atoms with Crippen molar-refractivity contribution in [3.8, 4) is 0 Å². The normalized spacial score (nSPS) is 20.1. The molecule has 0 aliphatic carbocycles. The van der Waals surface area contributed by atoms with Crippen LogP contribution in [0.3, 0.4) is 0 Å². The van der Waals surface area contributed by atoms with Crippen molar-refractivity contribution in [3.05, 3.63) is 71.7 Å². The summed E-state index contributed by atoms with van der Waals surface area (Å²) in [4.78, 5) is 129. The molecule has 1 aromatic heterocycles. The maximum absolute atomic E-state index is 14.7. The number of aromatic amines is 1. The van der Waals surface area contributed by atoms with Gasteiger partial charge in [-0.15, -0.1) is 0 Å². The first-order valence-electron chi connectivity index (χ1n) is 24.9. The maximum atomic E-state index is 14.7. The summed E-state index contributed by atoms with van der Waals surface area (Å²) < 4.78 is 14.2. The predicted octanol–water partition coefficient (Wildman–Crippen LogP) is -1.05. The standard InChI is InChI=1S/C49H71FN16O9/c1-3-4-24-66-46(74)37(63-42(70)35(60-28(2)67)13-8-22-57-47(52)53)19-20-40(68)56-21-7-12-34(41(51)69)61-45(73)39(26-30-27-59-33-11-6-5-10-32(30)33)64-43(71)36(14-9-23-58-48(54)55)62-44(72)38(65-49(66)75)25-29-15-17-31(50)18-16-29/h5-6,10-11,15-18,27,34-39,59H,3-4,7-9,12-14,19-26H2,1-2H3,(H2,51,69)(H,56,68)(H,60,67)(H,61,73)(H,62,72)(H,63,70)(H,64,71)(H,65,75)(H4,52,53,57)(H4,54,55,58)/t34-,35-,36-,37-,38+,39-/m0/s1. The summed E-state index contributed by atoms with van der Waals surface area (Å²) in [5.74, 6) is -7.73. The molecule has 4 rings (SSSR count). The topological polar surface area (TPSA) is 407 Å². The number of aromatic nitrogens is 1. The van der Waals surface area contributed by atoms with E-state index >= 15 is 0 Å². The molecule has 2 heterocycles. The minimum absolute atomic E-state index is 0.0249. The van der Waals surface area contributed by atoms with Crippen LogP contribution in [0.25, 0.3) is 10.9 Å². The van der Waals surface area contributed by atoms with E-state index in [1.165, 1.54) is 19.1 Å². The molecule has 0 unspecified atom stereocenters. The van der Waals surface area contributed by atoms with E-state index in [9.17, 15) is 47.5 Å². The third-order valence-electron chi connectivity index (χ3n) is 12.2. The number of guanidine groups is 2. The number of hydrogen-bond donors (Lipinski definition) is 15. The third kappa shape index (κ3) is 19.9. The first-order chi connectivity index (χ1) is 35.8. The Morgan fingerprint density at radius 1 is 0.800 bits per heavy atom. The van der Waals surface area contributed by atoms with Gasteiger partial charge in [0.1, 0.15) is 42.1 Å². The molecule has 408 valence electrons. The Bertz CT molecular complexity index is 2510. The van der Waals surface area contributed by atoms with Crippen LogP contribution in [0.4, 0.5) is 9.18 Å². The monoisotopic (exact) mass is 1050 g/mol. The van der Waals surface area contributed by atoms with E-state index < -0.39 is 95.4 Å². The Kier molecular flexibility index (Phi) is 23.7. The van der Waals surface area contributed by atoms with Gasteiger partial charge in [0, 0.05) is 69.5 Å². The van der Waals surface area contributed by atoms with Crippen molar-refractivity contribution in [1.29, 1.82) is 10.8 Å². The molecule has 3 aromatic rings. The quantitative estimate of drug-likeness (QED) is 0.0388. The molecule has 1 aliphatic heterocycles. The molecular formula is C49H71FN16O9. The minimum Gasteiger partial charge on any atom is -0.370 e. The first-order valence-corrected chi connectivity index (χ1v) is 24.9. The van der Waals surface area contributed by atoms with Gasteiger partial charge < -0.3 is 70.0 Å². The molecule has 2 aromatic carbocycles. The molecule has 0 bridgehead atoms. The second-order valence-electron chi connectivity index (χ2n) is 18.1. The summed E-state index contributed by atoms with van der Waals surface area (Å²) in [6.07, 6.45) is 1.60. The van der Waals surface area contributed by atoms with E-state index in [1.54, 1.807) is 19.2 Å². The summed E-state index contributed by atoms with van der Waals surface area (Å²) in [7, 11) is 0. The number of fused-ring (bicyclic) bond motifs is 1. The van der Waals surface area contributed by atoms with Crippen molar-refractivity contribution >= 4 is 76.1 Å². The van der Waals surface area contributed by atoms with Crippen LogP contribution in [0.5, 0.6) is 0 Å². The second-order valence-corrected chi connectivity index (χ2v) is 18.1. The van der Waals surface area contributed by atoms with Gasteiger partial charge in [-0.3, -0.25) is 54.1 Å². The predicted molar refractivity (Wildman–Crippen MR) is 275 cm³/mol. The van der Waals surface area contributed by atoms with Crippen LogP contribution < -0.4 is 65.1 Å². The van der Waals surface area contributed by atoms with Crippen molar-refractivity contribution in [2.24, 2.45) is 17.2 Å². The number of unbranched alkanes of at least 4 members (excludes halogenated alkanes) is 1. The van der Waals surface area contributed by atoms with Crippen LogP contribution in [-0.4, -0.2) is 138 Å². The molecule has 0 radical (unpaired) electrons. The van der Waals surface area contributed by atoms with Gasteiger partial charge in [0.25, 0.3) is 5.91 Å². The molecular weight excluding hydrogens is 976 g/mol. The van der Waals surface area contributed by atoms with Crippen molar-refractivity contribution in [2.75, 3.05) is 26.2 Å². The number of carbonyl (C=O) groups excluding carboxylic acids is 9. The highest BCUT2D eigenvalue weighted by Gasteiger charge is 2.36. The summed E-state index contributed by atoms with van der Waals surface area (Å²) in [5, 5.41) is 39.5. The number of rotatable bonds is 19. The Morgan fingerprint density at radius 2 is 1.44 bits per heavy atom. The van der Waals surface area contributed by atoms with E-state index in [-0.39, 0.29) is 109 Å². The van der Waals surface area contributed by atoms with Gasteiger partial charge in [-0.25, -0.2) is 9.18 Å². The number of nitrogens with zero attached hydrogens (tertiary/aromatic N) is 1. The molecule has 25 nitrogen and oxygen atoms in total. The lowest BCUT2D eigenvalue weighted by atomic mass is 10.0. The van der Waals surface area contributed by atoms with E-state index in [4.69, 9.17) is 28.0 Å². The van der Waals surface area contributed by atoms with E-state index in [0.717, 1.165) is 27.9 Å². The van der Waals surface area contributed by atoms with Crippen molar-refractivity contribution in [1.82, 2.24) is 57.7 Å². The third-order valence-corrected chi connectivity index (χ3v) is 12.2. The summed E-state index contributed by atoms with van der Waals surface area (Å²) in [6, 6.07) is 2.74. The van der Waals surface area contributed by atoms with E-state index in [2.05, 4.69) is 52.8 Å². The fraction of sp³-hybridized carbons (Fsp3) is 0.490. The molecule has 0 spiro atoms. The van der Waals surface area contributed by atoms with Gasteiger partial charge >= 0.3 is 6.03 Å². The average Bonchev–Trinajstić information content (AvgIpc) is 3.77. The molecule has 6 atom stereocenters. The number of imide groups is 1. The van der Waals surface area contributed by atoms with Gasteiger partial charge in [-0.1, -0.05) is 43.7 Å². The highest BCUT2D eigenvalue weighted by Crippen LogP contribution is 2.20. The van der Waals surface area contributed by atoms with Crippen LogP contribution in [0.2, 0.25) is 0 Å². The van der Waals surface area contributed by atoms with Gasteiger partial charge in [0.15, 0.2) is 11.9 Å². The second kappa shape index (κ2) is 30.0. The zero-order valence-electron chi connectivity index (χ0n) is 42.2. The zero-order chi connectivity index (χ0) is 55.0. The summed E-state index contributed by atoms with van der Waals surface area (Å²) in [5.41, 5.74) is 18.4. The lowest BCUT2D eigenvalue weighted by molar-refractivity contribution is -0.136. The van der Waals surface area contributed by atoms with Crippen LogP contribution >= 0.6 is 0 Å². The molecule has 10 amide bonds. The van der Waals surface area contributed by atoms with Crippen LogP contribution in [0, 0.1) is 16.6 Å². The van der Waals surface area contributed by atoms with Gasteiger partial charge in [0.05, 0.1) is 0 Å². The number of urea groups is 1. The molecule has 0 saturated carbocycles. The average molecular weight is 1050 g/mol. The Hall–Kier alpha value is -8.32. The van der Waals surface area contributed by atoms with E-state index in [1.807, 2.05) is 18.2 Å². The number of carbonyl (C=O) groups is 9. The molecule has 75 heavy (non-hydrogen) atoms. The minimum atomic E-state index is -1.57. The van der Waals surface area contributed by atoms with Crippen molar-refractivity contribution < 1.29 is 47.5 Å². The summed E-state index contributed by atoms with van der Waals surface area (Å²) in [6.45, 7) is 2.97. The number of amides is 10. The maximum Gasteiger partial charge on any atom is 0.324 e. The Balaban J connectivity index is 1.80. The van der Waals surface area contributed by atoms with Crippen molar-refractivity contribution in [3.63, 3.8) is 0 Å². The fourth-order valence-electron chi connectivity index (χ4n) is 8.21. The first kappa shape index (κ1) is 59.2. The Morgan fingerprint density at radius 3 is 2.11 bits per heavy atom. The van der Waals surface area contributed by atoms with Crippen molar-refractivity contribution in [2.45, 2.75) is 127 Å². The number of nitrogens with two attached hydrogens (primary N) is 3. The number of para-hydroxylation sites is 1. The number of halogens is 1. The Labute approximate surface area is 433 Å². The largest absolute Gasteiger partial charge is 0.370 e. The number of hydrogen-bond acceptors (Lipinski definition) is 11. The highest BCUT2D eigenvalue weighted by atomic mass is 19.1. The molecule has 1 fully saturated rings. The van der Waals surface area contributed by atoms with E-state index in [0.29, 0.717) is 17.5 Å². The fourth-order valence-corrected chi connectivity index (χ4v) is 8.21. The smallest absolute Gasteiger partial charge is 0.324 e. The number of primary amides is 1. The zero-order valence-corrected chi connectivity index (χ0v) is 42.2. The van der Waals surface area contributed by atoms with Gasteiger partial charge in [-0.05, 0) is 80.7 Å². The molecule has 1 saturated heterocycles. The number of nitrogens with one attached hydrogen (secondary N) is 12. The van der Waals surface area contributed by atoms with Gasteiger partial charge in [0.2, 0.25) is 41.4 Å². The van der Waals surface area contributed by atoms with Crippen LogP contribution in [0.1, 0.15) is 89.2 Å².